The topological polar surface area (TPSA) is 94.5 Å². The van der Waals surface area contributed by atoms with E-state index in [-0.39, 0.29) is 29.8 Å². The number of allylic oxidation sites excluding steroid dienone is 2. The molecule has 2 aliphatic rings. The number of morpholine rings is 1. The van der Waals surface area contributed by atoms with Crippen LogP contribution in [0.2, 0.25) is 0 Å². The van der Waals surface area contributed by atoms with E-state index in [1.54, 1.807) is 7.11 Å². The van der Waals surface area contributed by atoms with Gasteiger partial charge < -0.3 is 24.1 Å². The number of fused-ring (bicyclic) bond motifs is 1. The average molecular weight is 476 g/mol. The highest BCUT2D eigenvalue weighted by atomic mass is 16.5. The van der Waals surface area contributed by atoms with Gasteiger partial charge in [-0.25, -0.2) is 4.79 Å². The third kappa shape index (κ3) is 6.30. The first-order valence-corrected chi connectivity index (χ1v) is 12.0. The second-order valence-electron chi connectivity index (χ2n) is 9.08. The molecule has 34 heavy (non-hydrogen) atoms. The van der Waals surface area contributed by atoms with Gasteiger partial charge >= 0.3 is 11.9 Å². The molecule has 0 saturated carbocycles. The zero-order chi connectivity index (χ0) is 24.7. The number of rotatable bonds is 11. The van der Waals surface area contributed by atoms with Crippen molar-refractivity contribution in [3.8, 4) is 11.5 Å². The molecule has 2 aliphatic heterocycles. The van der Waals surface area contributed by atoms with Gasteiger partial charge in [0.2, 0.25) is 0 Å². The minimum Gasteiger partial charge on any atom is -0.507 e. The normalized spacial score (nSPS) is 17.3. The first-order chi connectivity index (χ1) is 16.3. The molecule has 8 nitrogen and oxygen atoms in total. The molecule has 1 aromatic rings. The smallest absolute Gasteiger partial charge is 0.342 e. The summed E-state index contributed by atoms with van der Waals surface area (Å²) in [5, 5.41) is 10.7. The minimum absolute atomic E-state index is 0.0579. The van der Waals surface area contributed by atoms with Gasteiger partial charge in [0.25, 0.3) is 0 Å². The van der Waals surface area contributed by atoms with Crippen LogP contribution < -0.4 is 4.74 Å². The largest absolute Gasteiger partial charge is 0.507 e. The van der Waals surface area contributed by atoms with Crippen LogP contribution in [0.3, 0.4) is 0 Å². The number of ether oxygens (including phenoxy) is 4. The van der Waals surface area contributed by atoms with Crippen molar-refractivity contribution in [2.45, 2.75) is 53.1 Å². The lowest BCUT2D eigenvalue weighted by Crippen LogP contribution is -2.38. The Kier molecular flexibility index (Phi) is 9.36. The third-order valence-corrected chi connectivity index (χ3v) is 6.67. The molecule has 1 atom stereocenters. The van der Waals surface area contributed by atoms with E-state index in [1.165, 1.54) is 0 Å². The highest BCUT2D eigenvalue weighted by Gasteiger charge is 2.31. The number of aromatic hydroxyl groups is 1. The summed E-state index contributed by atoms with van der Waals surface area (Å²) < 4.78 is 21.4. The van der Waals surface area contributed by atoms with Crippen molar-refractivity contribution in [2.75, 3.05) is 46.6 Å². The molecule has 0 aliphatic carbocycles. The maximum absolute atomic E-state index is 12.3. The van der Waals surface area contributed by atoms with Crippen LogP contribution in [0.25, 0.3) is 0 Å². The summed E-state index contributed by atoms with van der Waals surface area (Å²) >= 11 is 0. The summed E-state index contributed by atoms with van der Waals surface area (Å²) in [6.45, 7) is 10.4. The van der Waals surface area contributed by atoms with E-state index in [2.05, 4.69) is 4.90 Å². The maximum Gasteiger partial charge on any atom is 0.342 e. The van der Waals surface area contributed by atoms with Crippen LogP contribution in [-0.2, 0) is 32.0 Å². The van der Waals surface area contributed by atoms with Crippen LogP contribution in [-0.4, -0.2) is 68.5 Å². The number of carbonyl (C=O) groups is 2. The van der Waals surface area contributed by atoms with E-state index in [4.69, 9.17) is 18.9 Å². The number of nitrogens with zero attached hydrogens (tertiary/aromatic N) is 1. The number of phenols is 1. The minimum atomic E-state index is -0.494. The standard InChI is InChI=1S/C26H37NO7/c1-17(6-5-7-18(2)25(29)33-15-12-27-10-13-32-14-11-27)8-9-20-23(28)22-21(16-34-26(22)30)19(3)24(20)31-4/h8,18,28H,5-7,9-16H2,1-4H3. The molecule has 1 aromatic carbocycles. The quantitative estimate of drug-likeness (QED) is 0.384. The Morgan fingerprint density at radius 3 is 2.74 bits per heavy atom. The van der Waals surface area contributed by atoms with Crippen molar-refractivity contribution < 1.29 is 33.6 Å². The number of methoxy groups -OCH3 is 1. The van der Waals surface area contributed by atoms with E-state index >= 15 is 0 Å². The number of esters is 2. The predicted octanol–water partition coefficient (Wildman–Crippen LogP) is 3.55. The van der Waals surface area contributed by atoms with Gasteiger partial charge in [0, 0.05) is 30.8 Å². The van der Waals surface area contributed by atoms with E-state index in [1.807, 2.05) is 26.8 Å². The van der Waals surface area contributed by atoms with Gasteiger partial charge in [0.05, 0.1) is 26.2 Å². The fourth-order valence-corrected chi connectivity index (χ4v) is 4.45. The molecule has 0 spiro atoms. The summed E-state index contributed by atoms with van der Waals surface area (Å²) in [7, 11) is 1.56. The van der Waals surface area contributed by atoms with E-state index < -0.39 is 5.97 Å². The summed E-state index contributed by atoms with van der Waals surface area (Å²) in [4.78, 5) is 26.6. The van der Waals surface area contributed by atoms with Crippen LogP contribution in [0.4, 0.5) is 0 Å². The average Bonchev–Trinajstić information content (AvgIpc) is 3.22. The molecule has 3 rings (SSSR count). The number of hydrogen-bond donors (Lipinski definition) is 1. The Bertz CT molecular complexity index is 918. The molecular weight excluding hydrogens is 438 g/mol. The number of benzene rings is 1. The van der Waals surface area contributed by atoms with Crippen LogP contribution in [0.15, 0.2) is 11.6 Å². The van der Waals surface area contributed by atoms with Crippen molar-refractivity contribution >= 4 is 11.9 Å². The molecule has 1 saturated heterocycles. The number of carbonyl (C=O) groups excluding carboxylic acids is 2. The van der Waals surface area contributed by atoms with Gasteiger partial charge in [-0.3, -0.25) is 9.69 Å². The molecule has 1 unspecified atom stereocenters. The fourth-order valence-electron chi connectivity index (χ4n) is 4.45. The van der Waals surface area contributed by atoms with Crippen LogP contribution in [0, 0.1) is 12.8 Å². The highest BCUT2D eigenvalue weighted by Crippen LogP contribution is 2.42. The fraction of sp³-hybridized carbons (Fsp3) is 0.615. The van der Waals surface area contributed by atoms with Crippen molar-refractivity contribution in [3.63, 3.8) is 0 Å². The maximum atomic E-state index is 12.3. The molecule has 0 amide bonds. The molecule has 0 aromatic heterocycles. The summed E-state index contributed by atoms with van der Waals surface area (Å²) in [5.41, 5.74) is 3.50. The Morgan fingerprint density at radius 2 is 2.03 bits per heavy atom. The van der Waals surface area contributed by atoms with Crippen LogP contribution in [0.5, 0.6) is 11.5 Å². The SMILES string of the molecule is COc1c(C)c2c(c(O)c1CC=C(C)CCCC(C)C(=O)OCCN1CCOCC1)C(=O)OC2. The van der Waals surface area contributed by atoms with E-state index in [0.29, 0.717) is 29.9 Å². The Hall–Kier alpha value is -2.58. The Morgan fingerprint density at radius 1 is 1.29 bits per heavy atom. The van der Waals surface area contributed by atoms with Crippen molar-refractivity contribution in [2.24, 2.45) is 5.92 Å². The van der Waals surface area contributed by atoms with Gasteiger partial charge in [-0.05, 0) is 45.1 Å². The second kappa shape index (κ2) is 12.2. The molecule has 8 heteroatoms. The monoisotopic (exact) mass is 475 g/mol. The Balaban J connectivity index is 1.47. The number of phenolic OH excluding ortho intramolecular Hbond substituents is 1. The molecule has 1 fully saturated rings. The van der Waals surface area contributed by atoms with Gasteiger partial charge in [-0.15, -0.1) is 0 Å². The van der Waals surface area contributed by atoms with Gasteiger partial charge in [-0.2, -0.15) is 0 Å². The van der Waals surface area contributed by atoms with Gasteiger partial charge in [0.1, 0.15) is 30.3 Å². The third-order valence-electron chi connectivity index (χ3n) is 6.67. The van der Waals surface area contributed by atoms with Crippen molar-refractivity contribution in [1.82, 2.24) is 4.90 Å². The summed E-state index contributed by atoms with van der Waals surface area (Å²) in [5.74, 6) is -0.257. The Labute approximate surface area is 201 Å². The van der Waals surface area contributed by atoms with Gasteiger partial charge in [-0.1, -0.05) is 18.6 Å². The first-order valence-electron chi connectivity index (χ1n) is 12.0. The molecule has 2 heterocycles. The van der Waals surface area contributed by atoms with E-state index in [0.717, 1.165) is 63.2 Å². The number of cyclic esters (lactones) is 1. The molecule has 0 bridgehead atoms. The van der Waals surface area contributed by atoms with Gasteiger partial charge in [0.15, 0.2) is 0 Å². The lowest BCUT2D eigenvalue weighted by molar-refractivity contribution is -0.148. The zero-order valence-electron chi connectivity index (χ0n) is 20.8. The van der Waals surface area contributed by atoms with E-state index in [9.17, 15) is 14.7 Å². The zero-order valence-corrected chi connectivity index (χ0v) is 20.8. The summed E-state index contributed by atoms with van der Waals surface area (Å²) in [6.07, 6.45) is 4.93. The molecule has 188 valence electrons. The molecule has 0 radical (unpaired) electrons. The van der Waals surface area contributed by atoms with Crippen molar-refractivity contribution in [1.29, 1.82) is 0 Å². The summed E-state index contributed by atoms with van der Waals surface area (Å²) in [6, 6.07) is 0. The lowest BCUT2D eigenvalue weighted by Gasteiger charge is -2.26. The number of hydrogen-bond acceptors (Lipinski definition) is 8. The lowest BCUT2D eigenvalue weighted by atomic mass is 9.94. The predicted molar refractivity (Wildman–Crippen MR) is 127 cm³/mol. The van der Waals surface area contributed by atoms with Crippen LogP contribution in [0.1, 0.15) is 60.2 Å². The second-order valence-corrected chi connectivity index (χ2v) is 9.08. The first kappa shape index (κ1) is 26.0. The van der Waals surface area contributed by atoms with Crippen LogP contribution >= 0.6 is 0 Å². The van der Waals surface area contributed by atoms with Crippen molar-refractivity contribution in [3.05, 3.63) is 33.9 Å². The molecule has 1 N–H and O–H groups in total. The highest BCUT2D eigenvalue weighted by molar-refractivity contribution is 5.98. The molecular formula is C26H37NO7.